The third-order valence-electron chi connectivity index (χ3n) is 6.69. The largest absolute Gasteiger partial charge is 0.486 e. The molecular weight excluding hydrogens is 423 g/mol. The summed E-state index contributed by atoms with van der Waals surface area (Å²) in [6.45, 7) is 12.5. The van der Waals surface area contributed by atoms with Crippen molar-refractivity contribution in [3.8, 4) is 5.75 Å². The van der Waals surface area contributed by atoms with E-state index in [1.165, 1.54) is 22.8 Å². The van der Waals surface area contributed by atoms with E-state index in [0.29, 0.717) is 11.5 Å². The Balaban J connectivity index is 1.40. The summed E-state index contributed by atoms with van der Waals surface area (Å²) in [5, 5.41) is 0. The molecule has 34 heavy (non-hydrogen) atoms. The van der Waals surface area contributed by atoms with Gasteiger partial charge in [-0.05, 0) is 47.7 Å². The van der Waals surface area contributed by atoms with Crippen LogP contribution in [0.15, 0.2) is 72.8 Å². The molecule has 0 amide bonds. The van der Waals surface area contributed by atoms with Crippen molar-refractivity contribution in [2.24, 2.45) is 0 Å². The zero-order valence-electron chi connectivity index (χ0n) is 20.7. The molecule has 1 unspecified atom stereocenters. The van der Waals surface area contributed by atoms with Crippen molar-refractivity contribution in [1.82, 2.24) is 9.80 Å². The number of aryl methyl sites for hydroxylation is 1. The molecule has 0 aromatic heterocycles. The predicted octanol–water partition coefficient (Wildman–Crippen LogP) is 6.59. The zero-order valence-corrected chi connectivity index (χ0v) is 20.7. The normalized spacial score (nSPS) is 16.0. The SMILES string of the molecule is Cc1cc(OC(CCN2CCN(Cc3ccccc3)CC2)c2ccccc2F)cc(C(C)C)c1. The van der Waals surface area contributed by atoms with Crippen LogP contribution in [0.25, 0.3) is 0 Å². The van der Waals surface area contributed by atoms with E-state index in [1.54, 1.807) is 6.07 Å². The van der Waals surface area contributed by atoms with E-state index in [1.807, 2.05) is 12.1 Å². The fourth-order valence-corrected chi connectivity index (χ4v) is 4.67. The van der Waals surface area contributed by atoms with Crippen LogP contribution in [0.1, 0.15) is 54.5 Å². The molecule has 3 aromatic rings. The van der Waals surface area contributed by atoms with E-state index in [-0.39, 0.29) is 11.9 Å². The van der Waals surface area contributed by atoms with Gasteiger partial charge in [0.2, 0.25) is 0 Å². The number of hydrogen-bond acceptors (Lipinski definition) is 3. The quantitative estimate of drug-likeness (QED) is 0.358. The van der Waals surface area contributed by atoms with Gasteiger partial charge in [-0.3, -0.25) is 4.90 Å². The lowest BCUT2D eigenvalue weighted by Crippen LogP contribution is -2.46. The van der Waals surface area contributed by atoms with E-state index in [4.69, 9.17) is 4.74 Å². The third-order valence-corrected chi connectivity index (χ3v) is 6.69. The molecule has 1 aliphatic rings. The van der Waals surface area contributed by atoms with Crippen molar-refractivity contribution in [1.29, 1.82) is 0 Å². The average molecular weight is 461 g/mol. The molecule has 3 nitrogen and oxygen atoms in total. The molecule has 1 fully saturated rings. The summed E-state index contributed by atoms with van der Waals surface area (Å²) in [7, 11) is 0. The fourth-order valence-electron chi connectivity index (χ4n) is 4.67. The zero-order chi connectivity index (χ0) is 23.9. The summed E-state index contributed by atoms with van der Waals surface area (Å²) in [6, 6.07) is 24.0. The van der Waals surface area contributed by atoms with Crippen molar-refractivity contribution in [3.05, 3.63) is 101 Å². The second-order valence-electron chi connectivity index (χ2n) is 9.75. The van der Waals surface area contributed by atoms with Crippen LogP contribution in [0.2, 0.25) is 0 Å². The average Bonchev–Trinajstić information content (AvgIpc) is 2.83. The molecule has 0 radical (unpaired) electrons. The van der Waals surface area contributed by atoms with Crippen LogP contribution in [0.5, 0.6) is 5.75 Å². The highest BCUT2D eigenvalue weighted by atomic mass is 19.1. The number of rotatable bonds is 9. The van der Waals surface area contributed by atoms with Crippen molar-refractivity contribution in [2.75, 3.05) is 32.7 Å². The van der Waals surface area contributed by atoms with Gasteiger partial charge in [0.05, 0.1) is 0 Å². The first-order valence-electron chi connectivity index (χ1n) is 12.5. The maximum Gasteiger partial charge on any atom is 0.130 e. The Kier molecular flexibility index (Phi) is 8.36. The first-order chi connectivity index (χ1) is 16.5. The molecule has 1 heterocycles. The summed E-state index contributed by atoms with van der Waals surface area (Å²) in [5.74, 6) is 1.04. The molecule has 0 spiro atoms. The number of nitrogens with zero attached hydrogens (tertiary/aromatic N) is 2. The lowest BCUT2D eigenvalue weighted by atomic mass is 10.0. The standard InChI is InChI=1S/C30H37FN2O/c1-23(2)26-19-24(3)20-27(21-26)34-30(28-11-7-8-12-29(28)31)13-14-32-15-17-33(18-16-32)22-25-9-5-4-6-10-25/h4-12,19-21,23,30H,13-18,22H2,1-3H3. The van der Waals surface area contributed by atoms with Gasteiger partial charge < -0.3 is 9.64 Å². The van der Waals surface area contributed by atoms with Crippen LogP contribution in [-0.2, 0) is 6.54 Å². The van der Waals surface area contributed by atoms with Gasteiger partial charge in [-0.1, -0.05) is 68.4 Å². The minimum atomic E-state index is -0.314. The van der Waals surface area contributed by atoms with Crippen LogP contribution >= 0.6 is 0 Å². The van der Waals surface area contributed by atoms with Crippen molar-refractivity contribution in [3.63, 3.8) is 0 Å². The molecule has 4 rings (SSSR count). The Morgan fingerprint density at radius 3 is 2.24 bits per heavy atom. The van der Waals surface area contributed by atoms with E-state index in [2.05, 4.69) is 79.1 Å². The van der Waals surface area contributed by atoms with Crippen molar-refractivity contribution >= 4 is 0 Å². The highest BCUT2D eigenvalue weighted by Gasteiger charge is 2.22. The number of piperazine rings is 1. The van der Waals surface area contributed by atoms with E-state index < -0.39 is 0 Å². The molecule has 0 aliphatic carbocycles. The molecule has 1 saturated heterocycles. The summed E-state index contributed by atoms with van der Waals surface area (Å²) >= 11 is 0. The minimum Gasteiger partial charge on any atom is -0.486 e. The van der Waals surface area contributed by atoms with Gasteiger partial charge in [0.25, 0.3) is 0 Å². The molecular formula is C30H37FN2O. The van der Waals surface area contributed by atoms with Gasteiger partial charge in [-0.2, -0.15) is 0 Å². The van der Waals surface area contributed by atoms with Gasteiger partial charge in [0.15, 0.2) is 0 Å². The van der Waals surface area contributed by atoms with Gasteiger partial charge in [-0.25, -0.2) is 4.39 Å². The molecule has 0 bridgehead atoms. The summed E-state index contributed by atoms with van der Waals surface area (Å²) in [4.78, 5) is 4.99. The number of benzene rings is 3. The summed E-state index contributed by atoms with van der Waals surface area (Å²) in [6.07, 6.45) is 0.440. The van der Waals surface area contributed by atoms with Gasteiger partial charge in [0.1, 0.15) is 17.7 Å². The highest BCUT2D eigenvalue weighted by Crippen LogP contribution is 2.30. The first kappa shape index (κ1) is 24.4. The Morgan fingerprint density at radius 1 is 0.853 bits per heavy atom. The molecule has 1 aliphatic heterocycles. The Bertz CT molecular complexity index is 1040. The lowest BCUT2D eigenvalue weighted by Gasteiger charge is -2.35. The van der Waals surface area contributed by atoms with Crippen LogP contribution in [-0.4, -0.2) is 42.5 Å². The maximum absolute atomic E-state index is 14.8. The first-order valence-corrected chi connectivity index (χ1v) is 12.5. The number of halogens is 1. The highest BCUT2D eigenvalue weighted by molar-refractivity contribution is 5.36. The summed E-state index contributed by atoms with van der Waals surface area (Å²) in [5.41, 5.74) is 4.42. The molecule has 1 atom stereocenters. The number of hydrogen-bond donors (Lipinski definition) is 0. The molecule has 3 aromatic carbocycles. The lowest BCUT2D eigenvalue weighted by molar-refractivity contribution is 0.106. The topological polar surface area (TPSA) is 15.7 Å². The van der Waals surface area contributed by atoms with E-state index in [9.17, 15) is 4.39 Å². The molecule has 0 N–H and O–H groups in total. The van der Waals surface area contributed by atoms with Crippen LogP contribution in [0.4, 0.5) is 4.39 Å². The predicted molar refractivity (Wildman–Crippen MR) is 138 cm³/mol. The minimum absolute atomic E-state index is 0.197. The van der Waals surface area contributed by atoms with Gasteiger partial charge in [0, 0.05) is 51.3 Å². The second kappa shape index (κ2) is 11.6. The van der Waals surface area contributed by atoms with Gasteiger partial charge in [-0.15, -0.1) is 0 Å². The molecule has 180 valence electrons. The smallest absolute Gasteiger partial charge is 0.130 e. The van der Waals surface area contributed by atoms with Crippen LogP contribution < -0.4 is 4.74 Å². The Labute approximate surface area is 204 Å². The number of ether oxygens (including phenoxy) is 1. The Hall–Kier alpha value is -2.69. The molecule has 4 heteroatoms. The third kappa shape index (κ3) is 6.68. The maximum atomic E-state index is 14.8. The van der Waals surface area contributed by atoms with E-state index in [0.717, 1.165) is 51.4 Å². The molecule has 0 saturated carbocycles. The second-order valence-corrected chi connectivity index (χ2v) is 9.75. The van der Waals surface area contributed by atoms with Crippen molar-refractivity contribution < 1.29 is 9.13 Å². The van der Waals surface area contributed by atoms with E-state index >= 15 is 0 Å². The van der Waals surface area contributed by atoms with Crippen LogP contribution in [0, 0.1) is 12.7 Å². The van der Waals surface area contributed by atoms with Crippen molar-refractivity contribution in [2.45, 2.75) is 45.8 Å². The monoisotopic (exact) mass is 460 g/mol. The van der Waals surface area contributed by atoms with Gasteiger partial charge >= 0.3 is 0 Å². The van der Waals surface area contributed by atoms with Crippen LogP contribution in [0.3, 0.4) is 0 Å². The Morgan fingerprint density at radius 2 is 1.53 bits per heavy atom. The summed E-state index contributed by atoms with van der Waals surface area (Å²) < 4.78 is 21.2. The fraction of sp³-hybridized carbons (Fsp3) is 0.400.